The van der Waals surface area contributed by atoms with Gasteiger partial charge in [0.1, 0.15) is 12.4 Å². The van der Waals surface area contributed by atoms with Crippen molar-refractivity contribution in [2.45, 2.75) is 45.8 Å². The van der Waals surface area contributed by atoms with Crippen LogP contribution in [0.4, 0.5) is 0 Å². The Hall–Kier alpha value is -2.00. The van der Waals surface area contributed by atoms with E-state index in [4.69, 9.17) is 4.74 Å². The second-order valence-corrected chi connectivity index (χ2v) is 6.80. The van der Waals surface area contributed by atoms with Crippen LogP contribution in [-0.2, 0) is 11.4 Å². The van der Waals surface area contributed by atoms with Gasteiger partial charge < -0.3 is 10.1 Å². The molecule has 2 rings (SSSR count). The van der Waals surface area contributed by atoms with E-state index in [-0.39, 0.29) is 29.8 Å². The molecule has 130 valence electrons. The molecule has 0 aliphatic carbocycles. The van der Waals surface area contributed by atoms with E-state index in [1.54, 1.807) is 0 Å². The lowest BCUT2D eigenvalue weighted by atomic mass is 9.98. The molecule has 1 N–H and O–H groups in total. The molecule has 1 amide bonds. The zero-order valence-electron chi connectivity index (χ0n) is 14.7. The standard InChI is InChI=1S/C20H25NO2.ClH/c1-15(19(22)21-20(2,3)4)17-10-12-18(13-11-17)23-14-16-8-6-5-7-9-16;/h5-13,15H,14H2,1-4H3,(H,21,22);1H. The lowest BCUT2D eigenvalue weighted by Gasteiger charge is -2.23. The molecule has 1 unspecified atom stereocenters. The van der Waals surface area contributed by atoms with Crippen LogP contribution >= 0.6 is 12.4 Å². The first-order valence-corrected chi connectivity index (χ1v) is 7.94. The molecular weight excluding hydrogens is 322 g/mol. The molecule has 0 heterocycles. The van der Waals surface area contributed by atoms with Gasteiger partial charge in [-0.3, -0.25) is 4.79 Å². The van der Waals surface area contributed by atoms with Crippen molar-refractivity contribution in [1.29, 1.82) is 0 Å². The fraction of sp³-hybridized carbons (Fsp3) is 0.350. The van der Waals surface area contributed by atoms with E-state index in [1.165, 1.54) is 0 Å². The summed E-state index contributed by atoms with van der Waals surface area (Å²) in [5.74, 6) is 0.661. The summed E-state index contributed by atoms with van der Waals surface area (Å²) in [5.41, 5.74) is 1.90. The Morgan fingerprint density at radius 1 is 1.04 bits per heavy atom. The third-order valence-electron chi connectivity index (χ3n) is 3.52. The molecule has 0 saturated carbocycles. The molecule has 3 nitrogen and oxygen atoms in total. The first-order chi connectivity index (χ1) is 10.8. The Bertz CT molecular complexity index is 633. The normalized spacial score (nSPS) is 12.0. The van der Waals surface area contributed by atoms with Gasteiger partial charge in [0.05, 0.1) is 5.92 Å². The van der Waals surface area contributed by atoms with Crippen LogP contribution in [0.2, 0.25) is 0 Å². The largest absolute Gasteiger partial charge is 0.489 e. The van der Waals surface area contributed by atoms with Crippen LogP contribution < -0.4 is 10.1 Å². The number of benzene rings is 2. The highest BCUT2D eigenvalue weighted by atomic mass is 35.5. The molecule has 2 aromatic carbocycles. The van der Waals surface area contributed by atoms with E-state index in [1.807, 2.05) is 82.3 Å². The van der Waals surface area contributed by atoms with Gasteiger partial charge in [-0.15, -0.1) is 12.4 Å². The minimum atomic E-state index is -0.218. The van der Waals surface area contributed by atoms with Crippen molar-refractivity contribution in [2.24, 2.45) is 0 Å². The number of ether oxygens (including phenoxy) is 1. The van der Waals surface area contributed by atoms with Gasteiger partial charge in [-0.2, -0.15) is 0 Å². The minimum Gasteiger partial charge on any atom is -0.489 e. The maximum absolute atomic E-state index is 12.2. The summed E-state index contributed by atoms with van der Waals surface area (Å²) >= 11 is 0. The van der Waals surface area contributed by atoms with Crippen LogP contribution in [0.15, 0.2) is 54.6 Å². The summed E-state index contributed by atoms with van der Waals surface area (Å²) in [7, 11) is 0. The van der Waals surface area contributed by atoms with Gasteiger partial charge >= 0.3 is 0 Å². The fourth-order valence-corrected chi connectivity index (χ4v) is 2.22. The molecule has 0 aliphatic rings. The van der Waals surface area contributed by atoms with Crippen molar-refractivity contribution in [2.75, 3.05) is 0 Å². The minimum absolute atomic E-state index is 0. The van der Waals surface area contributed by atoms with Crippen molar-refractivity contribution in [1.82, 2.24) is 5.32 Å². The predicted molar refractivity (Wildman–Crippen MR) is 101 cm³/mol. The molecule has 0 aliphatic heterocycles. The average molecular weight is 348 g/mol. The molecular formula is C20H26ClNO2. The number of hydrogen-bond acceptors (Lipinski definition) is 2. The van der Waals surface area contributed by atoms with E-state index in [9.17, 15) is 4.79 Å². The summed E-state index contributed by atoms with van der Waals surface area (Å²) in [6, 6.07) is 17.8. The molecule has 24 heavy (non-hydrogen) atoms. The first kappa shape index (κ1) is 20.0. The van der Waals surface area contributed by atoms with Gasteiger partial charge in [0.2, 0.25) is 5.91 Å². The highest BCUT2D eigenvalue weighted by molar-refractivity contribution is 5.85. The topological polar surface area (TPSA) is 38.3 Å². The highest BCUT2D eigenvalue weighted by Crippen LogP contribution is 2.21. The monoisotopic (exact) mass is 347 g/mol. The Morgan fingerprint density at radius 2 is 1.62 bits per heavy atom. The Labute approximate surface area is 150 Å². The fourth-order valence-electron chi connectivity index (χ4n) is 2.22. The van der Waals surface area contributed by atoms with Crippen LogP contribution in [0.25, 0.3) is 0 Å². The van der Waals surface area contributed by atoms with Gasteiger partial charge in [0, 0.05) is 5.54 Å². The smallest absolute Gasteiger partial charge is 0.227 e. The molecule has 1 atom stereocenters. The number of carbonyl (C=O) groups excluding carboxylic acids is 1. The first-order valence-electron chi connectivity index (χ1n) is 7.94. The summed E-state index contributed by atoms with van der Waals surface area (Å²) in [6.07, 6.45) is 0. The molecule has 4 heteroatoms. The van der Waals surface area contributed by atoms with Gasteiger partial charge in [-0.25, -0.2) is 0 Å². The van der Waals surface area contributed by atoms with Crippen LogP contribution in [-0.4, -0.2) is 11.4 Å². The van der Waals surface area contributed by atoms with Crippen molar-refractivity contribution in [3.05, 3.63) is 65.7 Å². The third-order valence-corrected chi connectivity index (χ3v) is 3.52. The van der Waals surface area contributed by atoms with E-state index in [0.717, 1.165) is 16.9 Å². The van der Waals surface area contributed by atoms with Crippen LogP contribution in [0.5, 0.6) is 5.75 Å². The van der Waals surface area contributed by atoms with Crippen molar-refractivity contribution in [3.63, 3.8) is 0 Å². The molecule has 0 saturated heterocycles. The number of halogens is 1. The van der Waals surface area contributed by atoms with Gasteiger partial charge in [-0.1, -0.05) is 42.5 Å². The molecule has 0 spiro atoms. The van der Waals surface area contributed by atoms with Crippen LogP contribution in [0, 0.1) is 0 Å². The van der Waals surface area contributed by atoms with E-state index < -0.39 is 0 Å². The summed E-state index contributed by atoms with van der Waals surface area (Å²) in [6.45, 7) is 8.41. The second-order valence-electron chi connectivity index (χ2n) is 6.80. The highest BCUT2D eigenvalue weighted by Gasteiger charge is 2.20. The zero-order chi connectivity index (χ0) is 16.9. The number of hydrogen-bond donors (Lipinski definition) is 1. The maximum Gasteiger partial charge on any atom is 0.227 e. The predicted octanol–water partition coefficient (Wildman–Crippen LogP) is 4.71. The van der Waals surface area contributed by atoms with Crippen LogP contribution in [0.1, 0.15) is 44.7 Å². The molecule has 0 aromatic heterocycles. The molecule has 0 fully saturated rings. The van der Waals surface area contributed by atoms with E-state index >= 15 is 0 Å². The number of carbonyl (C=O) groups is 1. The van der Waals surface area contributed by atoms with Crippen molar-refractivity contribution >= 4 is 18.3 Å². The molecule has 0 radical (unpaired) electrons. The lowest BCUT2D eigenvalue weighted by molar-refractivity contribution is -0.123. The van der Waals surface area contributed by atoms with Gasteiger partial charge in [0.15, 0.2) is 0 Å². The van der Waals surface area contributed by atoms with Crippen LogP contribution in [0.3, 0.4) is 0 Å². The zero-order valence-corrected chi connectivity index (χ0v) is 15.5. The average Bonchev–Trinajstić information content (AvgIpc) is 2.52. The Morgan fingerprint density at radius 3 is 2.17 bits per heavy atom. The summed E-state index contributed by atoms with van der Waals surface area (Å²) in [5, 5.41) is 3.01. The third kappa shape index (κ3) is 6.25. The maximum atomic E-state index is 12.2. The quantitative estimate of drug-likeness (QED) is 0.850. The van der Waals surface area contributed by atoms with E-state index in [0.29, 0.717) is 6.61 Å². The lowest BCUT2D eigenvalue weighted by Crippen LogP contribution is -2.42. The number of nitrogens with one attached hydrogen (secondary N) is 1. The van der Waals surface area contributed by atoms with Crippen molar-refractivity contribution in [3.8, 4) is 5.75 Å². The van der Waals surface area contributed by atoms with E-state index in [2.05, 4.69) is 5.32 Å². The second kappa shape index (κ2) is 8.74. The number of rotatable bonds is 5. The molecule has 2 aromatic rings. The van der Waals surface area contributed by atoms with Gasteiger partial charge in [-0.05, 0) is 51.0 Å². The SMILES string of the molecule is CC(C(=O)NC(C)(C)C)c1ccc(OCc2ccccc2)cc1.Cl. The van der Waals surface area contributed by atoms with Crippen molar-refractivity contribution < 1.29 is 9.53 Å². The molecule has 0 bridgehead atoms. The summed E-state index contributed by atoms with van der Waals surface area (Å²) < 4.78 is 5.77. The Balaban J connectivity index is 0.00000288. The van der Waals surface area contributed by atoms with Gasteiger partial charge in [0.25, 0.3) is 0 Å². The Kier molecular flexibility index (Phi) is 7.30. The number of amides is 1. The summed E-state index contributed by atoms with van der Waals surface area (Å²) in [4.78, 5) is 12.2.